The van der Waals surface area contributed by atoms with Crippen LogP contribution in [0.25, 0.3) is 33.5 Å². The first-order chi connectivity index (χ1) is 16.3. The molecule has 0 saturated carbocycles. The molecule has 0 fully saturated rings. The molecule has 1 atom stereocenters. The van der Waals surface area contributed by atoms with Crippen molar-refractivity contribution in [3.8, 4) is 11.4 Å². The average Bonchev–Trinajstić information content (AvgIpc) is 3.39. The van der Waals surface area contributed by atoms with Gasteiger partial charge in [0.25, 0.3) is 0 Å². The standard InChI is InChI=1S/C24H16Cl2F2N4O2/c1-11-3-5-12(6-4-11)21(24(33)34-2)32-10-13(19-20(26)14(25)9-29-23(19)32)22-30-17-7-15(27)16(28)8-18(17)31-22/h3-10,21H,1-2H3,(H,30,31). The zero-order chi connectivity index (χ0) is 24.1. The maximum Gasteiger partial charge on any atom is 0.333 e. The lowest BCUT2D eigenvalue weighted by molar-refractivity contribution is -0.143. The van der Waals surface area contributed by atoms with E-state index in [4.69, 9.17) is 27.9 Å². The molecule has 34 heavy (non-hydrogen) atoms. The number of aromatic amines is 1. The van der Waals surface area contributed by atoms with E-state index in [9.17, 15) is 13.6 Å². The predicted octanol–water partition coefficient (Wildman–Crippen LogP) is 6.24. The number of nitrogens with one attached hydrogen (secondary N) is 1. The molecule has 172 valence electrons. The highest BCUT2D eigenvalue weighted by molar-refractivity contribution is 6.45. The third kappa shape index (κ3) is 3.59. The van der Waals surface area contributed by atoms with Crippen molar-refractivity contribution in [2.75, 3.05) is 7.11 Å². The van der Waals surface area contributed by atoms with Crippen molar-refractivity contribution >= 4 is 51.2 Å². The molecule has 10 heteroatoms. The molecule has 0 aliphatic heterocycles. The maximum absolute atomic E-state index is 13.8. The highest BCUT2D eigenvalue weighted by atomic mass is 35.5. The number of hydrogen-bond acceptors (Lipinski definition) is 4. The third-order valence-electron chi connectivity index (χ3n) is 5.61. The highest BCUT2D eigenvalue weighted by Gasteiger charge is 2.29. The Kier molecular flexibility index (Phi) is 5.50. The van der Waals surface area contributed by atoms with Crippen LogP contribution in [-0.2, 0) is 9.53 Å². The van der Waals surface area contributed by atoms with Gasteiger partial charge < -0.3 is 14.3 Å². The molecule has 0 aliphatic carbocycles. The number of aryl methyl sites for hydroxylation is 1. The monoisotopic (exact) mass is 500 g/mol. The van der Waals surface area contributed by atoms with Crippen LogP contribution in [0.2, 0.25) is 10.0 Å². The zero-order valence-corrected chi connectivity index (χ0v) is 19.4. The van der Waals surface area contributed by atoms with Gasteiger partial charge in [-0.15, -0.1) is 0 Å². The Morgan fingerprint density at radius 2 is 1.85 bits per heavy atom. The van der Waals surface area contributed by atoms with Crippen LogP contribution in [0, 0.1) is 18.6 Å². The summed E-state index contributed by atoms with van der Waals surface area (Å²) in [6.07, 6.45) is 3.03. The van der Waals surface area contributed by atoms with Crippen LogP contribution < -0.4 is 0 Å². The average molecular weight is 501 g/mol. The van der Waals surface area contributed by atoms with E-state index in [1.165, 1.54) is 13.3 Å². The number of hydrogen-bond donors (Lipinski definition) is 1. The lowest BCUT2D eigenvalue weighted by Crippen LogP contribution is -2.21. The van der Waals surface area contributed by atoms with E-state index < -0.39 is 23.6 Å². The number of nitrogens with zero attached hydrogens (tertiary/aromatic N) is 3. The Morgan fingerprint density at radius 1 is 1.15 bits per heavy atom. The number of aromatic nitrogens is 4. The molecule has 3 heterocycles. The lowest BCUT2D eigenvalue weighted by Gasteiger charge is -2.18. The van der Waals surface area contributed by atoms with Crippen LogP contribution in [0.1, 0.15) is 17.2 Å². The van der Waals surface area contributed by atoms with Crippen LogP contribution in [0.3, 0.4) is 0 Å². The molecular weight excluding hydrogens is 485 g/mol. The minimum Gasteiger partial charge on any atom is -0.467 e. The molecule has 0 spiro atoms. The fourth-order valence-electron chi connectivity index (χ4n) is 3.94. The van der Waals surface area contributed by atoms with Gasteiger partial charge in [-0.3, -0.25) is 0 Å². The smallest absolute Gasteiger partial charge is 0.333 e. The third-order valence-corrected chi connectivity index (χ3v) is 6.39. The van der Waals surface area contributed by atoms with Crippen molar-refractivity contribution in [1.82, 2.24) is 19.5 Å². The van der Waals surface area contributed by atoms with Gasteiger partial charge in [-0.2, -0.15) is 0 Å². The van der Waals surface area contributed by atoms with E-state index in [1.807, 2.05) is 31.2 Å². The zero-order valence-electron chi connectivity index (χ0n) is 17.9. The van der Waals surface area contributed by atoms with Crippen LogP contribution in [0.4, 0.5) is 8.78 Å². The van der Waals surface area contributed by atoms with Gasteiger partial charge in [0.1, 0.15) is 11.5 Å². The number of imidazole rings is 1. The Bertz CT molecular complexity index is 1540. The summed E-state index contributed by atoms with van der Waals surface area (Å²) in [7, 11) is 1.30. The van der Waals surface area contributed by atoms with Gasteiger partial charge in [-0.1, -0.05) is 53.0 Å². The second kappa shape index (κ2) is 8.38. The number of methoxy groups -OCH3 is 1. The summed E-state index contributed by atoms with van der Waals surface area (Å²) in [5, 5.41) is 0.826. The number of fused-ring (bicyclic) bond motifs is 2. The largest absolute Gasteiger partial charge is 0.467 e. The minimum atomic E-state index is -1.01. The van der Waals surface area contributed by atoms with Crippen molar-refractivity contribution in [2.24, 2.45) is 0 Å². The van der Waals surface area contributed by atoms with Crippen molar-refractivity contribution < 1.29 is 18.3 Å². The molecule has 1 N–H and O–H groups in total. The summed E-state index contributed by atoms with van der Waals surface area (Å²) in [4.78, 5) is 24.7. The number of esters is 1. The van der Waals surface area contributed by atoms with E-state index >= 15 is 0 Å². The maximum atomic E-state index is 13.8. The Hall–Kier alpha value is -3.49. The summed E-state index contributed by atoms with van der Waals surface area (Å²) < 4.78 is 34.2. The quantitative estimate of drug-likeness (QED) is 0.296. The molecule has 0 radical (unpaired) electrons. The van der Waals surface area contributed by atoms with Gasteiger partial charge in [-0.25, -0.2) is 23.5 Å². The number of pyridine rings is 1. The number of ether oxygens (including phenoxy) is 1. The van der Waals surface area contributed by atoms with E-state index in [-0.39, 0.29) is 21.4 Å². The summed E-state index contributed by atoms with van der Waals surface area (Å²) in [6, 6.07) is 8.57. The number of carbonyl (C=O) groups is 1. The lowest BCUT2D eigenvalue weighted by atomic mass is 10.1. The van der Waals surface area contributed by atoms with E-state index in [0.29, 0.717) is 27.7 Å². The molecule has 0 amide bonds. The summed E-state index contributed by atoms with van der Waals surface area (Å²) in [5.74, 6) is -2.25. The molecule has 3 aromatic heterocycles. The van der Waals surface area contributed by atoms with Crippen LogP contribution in [0.15, 0.2) is 48.8 Å². The van der Waals surface area contributed by atoms with Crippen molar-refractivity contribution in [2.45, 2.75) is 13.0 Å². The molecule has 1 unspecified atom stereocenters. The van der Waals surface area contributed by atoms with Gasteiger partial charge in [0.15, 0.2) is 17.7 Å². The summed E-state index contributed by atoms with van der Waals surface area (Å²) in [6.45, 7) is 1.94. The molecule has 0 saturated heterocycles. The minimum absolute atomic E-state index is 0.200. The Balaban J connectivity index is 1.80. The van der Waals surface area contributed by atoms with Crippen molar-refractivity contribution in [3.05, 3.63) is 81.6 Å². The fourth-order valence-corrected chi connectivity index (χ4v) is 4.31. The molecule has 5 rings (SSSR count). The van der Waals surface area contributed by atoms with Crippen molar-refractivity contribution in [1.29, 1.82) is 0 Å². The SMILES string of the molecule is COC(=O)C(c1ccc(C)cc1)n1cc(-c2nc3cc(F)c(F)cc3[nH]2)c2c(Cl)c(Cl)cnc21. The predicted molar refractivity (Wildman–Crippen MR) is 126 cm³/mol. The van der Waals surface area contributed by atoms with E-state index in [2.05, 4.69) is 15.0 Å². The number of halogens is 4. The second-order valence-corrected chi connectivity index (χ2v) is 8.56. The second-order valence-electron chi connectivity index (χ2n) is 7.77. The highest BCUT2D eigenvalue weighted by Crippen LogP contribution is 2.40. The topological polar surface area (TPSA) is 72.8 Å². The summed E-state index contributed by atoms with van der Waals surface area (Å²) in [5.41, 5.74) is 3.03. The molecule has 5 aromatic rings. The molecule has 0 aliphatic rings. The molecule has 0 bridgehead atoms. The van der Waals surface area contributed by atoms with Gasteiger partial charge in [0.05, 0.1) is 33.6 Å². The molecule has 2 aromatic carbocycles. The first-order valence-electron chi connectivity index (χ1n) is 10.1. The van der Waals surface area contributed by atoms with Crippen LogP contribution in [-0.4, -0.2) is 32.6 Å². The number of rotatable bonds is 4. The normalized spacial score (nSPS) is 12.4. The number of H-pyrrole nitrogens is 1. The van der Waals surface area contributed by atoms with Gasteiger partial charge >= 0.3 is 5.97 Å². The first kappa shape index (κ1) is 22.3. The van der Waals surface area contributed by atoms with E-state index in [1.54, 1.807) is 10.8 Å². The summed E-state index contributed by atoms with van der Waals surface area (Å²) >= 11 is 12.8. The van der Waals surface area contributed by atoms with Gasteiger partial charge in [0, 0.05) is 30.1 Å². The Labute approximate surface area is 202 Å². The van der Waals surface area contributed by atoms with E-state index in [0.717, 1.165) is 17.7 Å². The molecular formula is C24H16Cl2F2N4O2. The van der Waals surface area contributed by atoms with Crippen LogP contribution in [0.5, 0.6) is 0 Å². The van der Waals surface area contributed by atoms with Gasteiger partial charge in [-0.05, 0) is 12.5 Å². The number of carbonyl (C=O) groups excluding carboxylic acids is 1. The number of benzene rings is 2. The van der Waals surface area contributed by atoms with Crippen molar-refractivity contribution in [3.63, 3.8) is 0 Å². The fraction of sp³-hybridized carbons (Fsp3) is 0.125. The first-order valence-corrected chi connectivity index (χ1v) is 10.9. The van der Waals surface area contributed by atoms with Crippen LogP contribution >= 0.6 is 23.2 Å². The molecule has 6 nitrogen and oxygen atoms in total. The Morgan fingerprint density at radius 3 is 2.56 bits per heavy atom. The van der Waals surface area contributed by atoms with Gasteiger partial charge in [0.2, 0.25) is 0 Å².